The van der Waals surface area contributed by atoms with Gasteiger partial charge >= 0.3 is 5.91 Å². The number of rotatable bonds is 4. The number of nitrogens with zero attached hydrogens (tertiary/aromatic N) is 5. The number of halogens is 1. The van der Waals surface area contributed by atoms with Gasteiger partial charge in [0.2, 0.25) is 0 Å². The Morgan fingerprint density at radius 3 is 2.42 bits per heavy atom. The Labute approximate surface area is 154 Å². The van der Waals surface area contributed by atoms with Crippen molar-refractivity contribution in [1.29, 1.82) is 0 Å². The van der Waals surface area contributed by atoms with Crippen LogP contribution in [0.3, 0.4) is 0 Å². The highest BCUT2D eigenvalue weighted by molar-refractivity contribution is 6.33. The lowest BCUT2D eigenvalue weighted by atomic mass is 10.2. The Hall–Kier alpha value is -3.45. The van der Waals surface area contributed by atoms with Gasteiger partial charge < -0.3 is 0 Å². The van der Waals surface area contributed by atoms with E-state index in [0.29, 0.717) is 10.6 Å². The second-order valence-corrected chi connectivity index (χ2v) is 5.42. The fraction of sp³-hybridized carbons (Fsp3) is 0. The zero-order valence-electron chi connectivity index (χ0n) is 13.4. The number of carbonyl (C=O) groups excluding carboxylic acids is 2. The number of pyridine rings is 1. The van der Waals surface area contributed by atoms with Gasteiger partial charge in [0.05, 0.1) is 12.4 Å². The van der Waals surface area contributed by atoms with Crippen LogP contribution in [0, 0.1) is 0 Å². The first-order valence-corrected chi connectivity index (χ1v) is 7.88. The summed E-state index contributed by atoms with van der Waals surface area (Å²) in [6, 6.07) is 9.92. The summed E-state index contributed by atoms with van der Waals surface area (Å²) in [5.74, 6) is -1.32. The summed E-state index contributed by atoms with van der Waals surface area (Å²) >= 11 is 6.09. The number of hydrazone groups is 1. The molecule has 0 spiro atoms. The van der Waals surface area contributed by atoms with Gasteiger partial charge in [-0.05, 0) is 18.2 Å². The largest absolute Gasteiger partial charge is 0.301 e. The number of imide groups is 1. The third-order valence-corrected chi connectivity index (χ3v) is 3.66. The van der Waals surface area contributed by atoms with Crippen molar-refractivity contribution in [3.05, 3.63) is 89.2 Å². The first-order chi connectivity index (χ1) is 12.7. The molecule has 2 aromatic heterocycles. The van der Waals surface area contributed by atoms with Gasteiger partial charge in [0.1, 0.15) is 5.69 Å². The van der Waals surface area contributed by atoms with Crippen molar-refractivity contribution in [3.63, 3.8) is 0 Å². The van der Waals surface area contributed by atoms with Gasteiger partial charge in [-0.15, -0.1) is 0 Å². The minimum atomic E-state index is -0.705. The van der Waals surface area contributed by atoms with Crippen molar-refractivity contribution in [2.45, 2.75) is 0 Å². The molecule has 128 valence electrons. The zero-order valence-corrected chi connectivity index (χ0v) is 14.1. The predicted octanol–water partition coefficient (Wildman–Crippen LogP) is 2.84. The van der Waals surface area contributed by atoms with E-state index in [1.807, 2.05) is 0 Å². The Balaban J connectivity index is 1.97. The highest BCUT2D eigenvalue weighted by Gasteiger charge is 2.25. The number of benzene rings is 1. The molecule has 3 aromatic rings. The summed E-state index contributed by atoms with van der Waals surface area (Å²) in [5.41, 5.74) is 0.813. The smallest absolute Gasteiger partial charge is 0.267 e. The monoisotopic (exact) mass is 365 g/mol. The summed E-state index contributed by atoms with van der Waals surface area (Å²) in [7, 11) is 0. The second-order valence-electron chi connectivity index (χ2n) is 5.01. The molecule has 1 aromatic carbocycles. The molecule has 0 unspecified atom stereocenters. The van der Waals surface area contributed by atoms with E-state index in [4.69, 9.17) is 11.6 Å². The molecule has 2 amide bonds. The lowest BCUT2D eigenvalue weighted by Crippen LogP contribution is -2.33. The maximum Gasteiger partial charge on any atom is 0.301 e. The first-order valence-electron chi connectivity index (χ1n) is 7.50. The van der Waals surface area contributed by atoms with E-state index in [2.05, 4.69) is 20.1 Å². The molecule has 0 radical (unpaired) electrons. The number of amides is 2. The normalized spacial score (nSPS) is 10.7. The van der Waals surface area contributed by atoms with Crippen molar-refractivity contribution in [1.82, 2.24) is 20.0 Å². The van der Waals surface area contributed by atoms with Crippen LogP contribution in [-0.4, -0.2) is 38.0 Å². The fourth-order valence-electron chi connectivity index (χ4n) is 2.03. The molecule has 0 saturated carbocycles. The van der Waals surface area contributed by atoms with Crippen LogP contribution in [0.5, 0.6) is 0 Å². The minimum absolute atomic E-state index is 0.00813. The van der Waals surface area contributed by atoms with Crippen LogP contribution in [0.25, 0.3) is 0 Å². The van der Waals surface area contributed by atoms with Crippen molar-refractivity contribution in [2.75, 3.05) is 0 Å². The van der Waals surface area contributed by atoms with Crippen LogP contribution in [0.15, 0.2) is 72.5 Å². The van der Waals surface area contributed by atoms with Gasteiger partial charge in [0.15, 0.2) is 0 Å². The van der Waals surface area contributed by atoms with Crippen LogP contribution < -0.4 is 0 Å². The molecule has 0 bridgehead atoms. The molecule has 0 aliphatic carbocycles. The fourth-order valence-corrected chi connectivity index (χ4v) is 2.22. The molecule has 0 atom stereocenters. The van der Waals surface area contributed by atoms with E-state index in [9.17, 15) is 9.59 Å². The van der Waals surface area contributed by atoms with Gasteiger partial charge in [-0.2, -0.15) is 10.1 Å². The molecule has 2 heterocycles. The molecule has 26 heavy (non-hydrogen) atoms. The third-order valence-electron chi connectivity index (χ3n) is 3.31. The van der Waals surface area contributed by atoms with Crippen LogP contribution in [0.4, 0.5) is 0 Å². The van der Waals surface area contributed by atoms with Crippen molar-refractivity contribution in [2.24, 2.45) is 5.10 Å². The quantitative estimate of drug-likeness (QED) is 0.403. The van der Waals surface area contributed by atoms with Crippen molar-refractivity contribution in [3.8, 4) is 0 Å². The number of carbonyl (C=O) groups is 2. The van der Waals surface area contributed by atoms with Gasteiger partial charge in [-0.25, -0.2) is 4.98 Å². The van der Waals surface area contributed by atoms with E-state index in [1.165, 1.54) is 49.3 Å². The molecule has 8 heteroatoms. The summed E-state index contributed by atoms with van der Waals surface area (Å²) in [4.78, 5) is 37.1. The summed E-state index contributed by atoms with van der Waals surface area (Å²) in [5, 5.41) is 5.21. The van der Waals surface area contributed by atoms with Gasteiger partial charge in [0.25, 0.3) is 5.91 Å². The van der Waals surface area contributed by atoms with E-state index < -0.39 is 11.8 Å². The molecular weight excluding hydrogens is 354 g/mol. The maximum absolute atomic E-state index is 12.7. The molecular formula is C18H12ClN5O2. The highest BCUT2D eigenvalue weighted by atomic mass is 35.5. The summed E-state index contributed by atoms with van der Waals surface area (Å²) in [6.07, 6.45) is 8.31. The van der Waals surface area contributed by atoms with E-state index in [1.54, 1.807) is 24.3 Å². The second kappa shape index (κ2) is 8.09. The molecule has 0 fully saturated rings. The van der Waals surface area contributed by atoms with Crippen molar-refractivity contribution >= 4 is 29.6 Å². The third kappa shape index (κ3) is 3.96. The molecule has 0 aliphatic rings. The van der Waals surface area contributed by atoms with Crippen LogP contribution >= 0.6 is 11.6 Å². The first kappa shape index (κ1) is 17.4. The molecule has 3 rings (SSSR count). The molecule has 7 nitrogen and oxygen atoms in total. The topological polar surface area (TPSA) is 88.4 Å². The lowest BCUT2D eigenvalue weighted by Gasteiger charge is -2.14. The Bertz CT molecular complexity index is 897. The van der Waals surface area contributed by atoms with Crippen LogP contribution in [0.1, 0.15) is 26.4 Å². The maximum atomic E-state index is 12.7. The van der Waals surface area contributed by atoms with Gasteiger partial charge in [0, 0.05) is 40.9 Å². The lowest BCUT2D eigenvalue weighted by molar-refractivity contribution is 0.0618. The highest BCUT2D eigenvalue weighted by Crippen LogP contribution is 2.14. The van der Waals surface area contributed by atoms with E-state index in [0.717, 1.165) is 5.01 Å². The van der Waals surface area contributed by atoms with Crippen LogP contribution in [0.2, 0.25) is 5.02 Å². The predicted molar refractivity (Wildman–Crippen MR) is 95.8 cm³/mol. The van der Waals surface area contributed by atoms with Gasteiger partial charge in [-0.3, -0.25) is 19.6 Å². The van der Waals surface area contributed by atoms with E-state index >= 15 is 0 Å². The summed E-state index contributed by atoms with van der Waals surface area (Å²) in [6.45, 7) is 0. The minimum Gasteiger partial charge on any atom is -0.267 e. The average Bonchev–Trinajstić information content (AvgIpc) is 2.70. The molecule has 0 aliphatic heterocycles. The number of hydrogen-bond acceptors (Lipinski definition) is 6. The van der Waals surface area contributed by atoms with Gasteiger partial charge in [-0.1, -0.05) is 29.8 Å². The van der Waals surface area contributed by atoms with Crippen molar-refractivity contribution < 1.29 is 9.59 Å². The van der Waals surface area contributed by atoms with Crippen LogP contribution in [-0.2, 0) is 0 Å². The summed E-state index contributed by atoms with van der Waals surface area (Å²) < 4.78 is 0. The Morgan fingerprint density at radius 1 is 0.962 bits per heavy atom. The number of hydrogen-bond donors (Lipinski definition) is 0. The Kier molecular flexibility index (Phi) is 5.40. The SMILES string of the molecule is O=C(c1ccncc1)N(/N=C/c1ccccc1Cl)C(=O)c1cnccn1. The number of aromatic nitrogens is 3. The molecule has 0 saturated heterocycles. The average molecular weight is 366 g/mol. The Morgan fingerprint density at radius 2 is 1.73 bits per heavy atom. The standard InChI is InChI=1S/C18H12ClN5O2/c19-15-4-2-1-3-14(15)11-23-24(17(25)13-5-7-20-8-6-13)18(26)16-12-21-9-10-22-16/h1-12H/b23-11+. The molecule has 0 N–H and O–H groups in total. The van der Waals surface area contributed by atoms with E-state index in [-0.39, 0.29) is 11.3 Å². The zero-order chi connectivity index (χ0) is 18.4.